The lowest BCUT2D eigenvalue weighted by atomic mass is 10.1. The molecule has 0 spiro atoms. The summed E-state index contributed by atoms with van der Waals surface area (Å²) in [6.07, 6.45) is 1.57. The Morgan fingerprint density at radius 2 is 1.76 bits per heavy atom. The minimum Gasteiger partial charge on any atom is -0.438 e. The Balaban J connectivity index is 2.39. The van der Waals surface area contributed by atoms with Crippen LogP contribution in [-0.4, -0.2) is 9.97 Å². The van der Waals surface area contributed by atoms with Gasteiger partial charge in [0.15, 0.2) is 0 Å². The van der Waals surface area contributed by atoms with Crippen molar-refractivity contribution in [1.29, 1.82) is 0 Å². The normalized spacial score (nSPS) is 10.4. The van der Waals surface area contributed by atoms with Crippen LogP contribution in [-0.2, 0) is 0 Å². The Kier molecular flexibility index (Phi) is 3.29. The van der Waals surface area contributed by atoms with Crippen molar-refractivity contribution in [2.75, 3.05) is 0 Å². The Morgan fingerprint density at radius 1 is 1.06 bits per heavy atom. The van der Waals surface area contributed by atoms with E-state index in [1.807, 2.05) is 19.9 Å². The van der Waals surface area contributed by atoms with Gasteiger partial charge in [0.1, 0.15) is 5.75 Å². The quantitative estimate of drug-likeness (QED) is 0.758. The minimum atomic E-state index is 0.186. The Hall–Kier alpha value is -1.61. The third-order valence-electron chi connectivity index (χ3n) is 2.68. The van der Waals surface area contributed by atoms with Gasteiger partial charge in [0.2, 0.25) is 11.2 Å². The summed E-state index contributed by atoms with van der Waals surface area (Å²) in [4.78, 5) is 7.83. The summed E-state index contributed by atoms with van der Waals surface area (Å²) in [6, 6.07) is 5.79. The van der Waals surface area contributed by atoms with Gasteiger partial charge in [-0.3, -0.25) is 0 Å². The number of halogens is 1. The lowest BCUT2D eigenvalue weighted by Gasteiger charge is -2.12. The fourth-order valence-corrected chi connectivity index (χ4v) is 1.70. The predicted molar refractivity (Wildman–Crippen MR) is 67.8 cm³/mol. The third-order valence-corrected chi connectivity index (χ3v) is 2.86. The SMILES string of the molecule is Cc1ccc(C)c(Oc2ccnc(Cl)n2)c1C. The maximum Gasteiger partial charge on any atom is 0.225 e. The molecule has 17 heavy (non-hydrogen) atoms. The topological polar surface area (TPSA) is 35.0 Å². The average Bonchev–Trinajstić information content (AvgIpc) is 2.30. The third kappa shape index (κ3) is 2.56. The van der Waals surface area contributed by atoms with Crippen LogP contribution in [0.1, 0.15) is 16.7 Å². The summed E-state index contributed by atoms with van der Waals surface area (Å²) in [5.41, 5.74) is 3.37. The van der Waals surface area contributed by atoms with Crippen LogP contribution in [0.5, 0.6) is 11.6 Å². The summed E-state index contributed by atoms with van der Waals surface area (Å²) >= 11 is 5.72. The second kappa shape index (κ2) is 4.72. The van der Waals surface area contributed by atoms with Crippen LogP contribution in [0.2, 0.25) is 5.28 Å². The summed E-state index contributed by atoms with van der Waals surface area (Å²) in [7, 11) is 0. The first-order valence-electron chi connectivity index (χ1n) is 5.31. The van der Waals surface area contributed by atoms with E-state index in [1.165, 1.54) is 5.56 Å². The van der Waals surface area contributed by atoms with E-state index in [-0.39, 0.29) is 5.28 Å². The maximum absolute atomic E-state index is 5.77. The van der Waals surface area contributed by atoms with Crippen molar-refractivity contribution in [3.8, 4) is 11.6 Å². The molecule has 1 aromatic heterocycles. The molecule has 0 aliphatic rings. The van der Waals surface area contributed by atoms with Crippen molar-refractivity contribution < 1.29 is 4.74 Å². The molecule has 0 radical (unpaired) electrons. The molecule has 0 unspecified atom stereocenters. The summed E-state index contributed by atoms with van der Waals surface area (Å²) in [6.45, 7) is 6.08. The summed E-state index contributed by atoms with van der Waals surface area (Å²) < 4.78 is 5.77. The molecule has 2 rings (SSSR count). The number of rotatable bonds is 2. The molecule has 0 amide bonds. The molecule has 88 valence electrons. The number of hydrogen-bond donors (Lipinski definition) is 0. The summed E-state index contributed by atoms with van der Waals surface area (Å²) in [5, 5.41) is 0.186. The van der Waals surface area contributed by atoms with Gasteiger partial charge in [0, 0.05) is 12.3 Å². The molecule has 2 aromatic rings. The largest absolute Gasteiger partial charge is 0.438 e. The van der Waals surface area contributed by atoms with Gasteiger partial charge in [-0.15, -0.1) is 0 Å². The smallest absolute Gasteiger partial charge is 0.225 e. The lowest BCUT2D eigenvalue weighted by Crippen LogP contribution is -1.95. The highest BCUT2D eigenvalue weighted by Gasteiger charge is 2.08. The standard InChI is InChI=1S/C13H13ClN2O/c1-8-4-5-9(2)12(10(8)3)17-11-6-7-15-13(14)16-11/h4-7H,1-3H3. The molecule has 3 nitrogen and oxygen atoms in total. The van der Waals surface area contributed by atoms with E-state index in [1.54, 1.807) is 12.3 Å². The van der Waals surface area contributed by atoms with Gasteiger partial charge in [-0.25, -0.2) is 4.98 Å². The summed E-state index contributed by atoms with van der Waals surface area (Å²) in [5.74, 6) is 1.29. The second-order valence-corrected chi connectivity index (χ2v) is 4.26. The second-order valence-electron chi connectivity index (χ2n) is 3.92. The molecule has 0 saturated heterocycles. The number of benzene rings is 1. The zero-order chi connectivity index (χ0) is 12.4. The molecule has 0 N–H and O–H groups in total. The zero-order valence-corrected chi connectivity index (χ0v) is 10.7. The van der Waals surface area contributed by atoms with Crippen molar-refractivity contribution in [2.45, 2.75) is 20.8 Å². The Labute approximate surface area is 105 Å². The van der Waals surface area contributed by atoms with Crippen LogP contribution >= 0.6 is 11.6 Å². The number of ether oxygens (including phenoxy) is 1. The molecule has 0 aliphatic carbocycles. The van der Waals surface area contributed by atoms with Crippen molar-refractivity contribution in [1.82, 2.24) is 9.97 Å². The number of hydrogen-bond acceptors (Lipinski definition) is 3. The molecule has 1 aromatic carbocycles. The average molecular weight is 249 g/mol. The van der Waals surface area contributed by atoms with E-state index < -0.39 is 0 Å². The van der Waals surface area contributed by atoms with E-state index in [0.29, 0.717) is 5.88 Å². The first-order chi connectivity index (χ1) is 8.08. The number of aryl methyl sites for hydroxylation is 2. The number of nitrogens with zero attached hydrogens (tertiary/aromatic N) is 2. The van der Waals surface area contributed by atoms with Crippen LogP contribution in [0, 0.1) is 20.8 Å². The van der Waals surface area contributed by atoms with Crippen LogP contribution in [0.15, 0.2) is 24.4 Å². The van der Waals surface area contributed by atoms with Crippen LogP contribution in [0.4, 0.5) is 0 Å². The molecule has 1 heterocycles. The first kappa shape index (κ1) is 11.9. The molecule has 0 atom stereocenters. The molecule has 0 fully saturated rings. The molecule has 0 bridgehead atoms. The van der Waals surface area contributed by atoms with Gasteiger partial charge in [-0.2, -0.15) is 4.98 Å². The van der Waals surface area contributed by atoms with Gasteiger partial charge >= 0.3 is 0 Å². The zero-order valence-electron chi connectivity index (χ0n) is 9.99. The predicted octanol–water partition coefficient (Wildman–Crippen LogP) is 3.85. The highest BCUT2D eigenvalue weighted by Crippen LogP contribution is 2.29. The highest BCUT2D eigenvalue weighted by atomic mass is 35.5. The van der Waals surface area contributed by atoms with E-state index in [0.717, 1.165) is 16.9 Å². The van der Waals surface area contributed by atoms with E-state index in [2.05, 4.69) is 23.0 Å². The van der Waals surface area contributed by atoms with Gasteiger partial charge < -0.3 is 4.74 Å². The molecule has 0 saturated carbocycles. The minimum absolute atomic E-state index is 0.186. The maximum atomic E-state index is 5.77. The van der Waals surface area contributed by atoms with E-state index in [9.17, 15) is 0 Å². The van der Waals surface area contributed by atoms with Gasteiger partial charge in [-0.05, 0) is 49.1 Å². The van der Waals surface area contributed by atoms with E-state index >= 15 is 0 Å². The van der Waals surface area contributed by atoms with Gasteiger partial charge in [0.25, 0.3) is 0 Å². The molecule has 0 aliphatic heterocycles. The lowest BCUT2D eigenvalue weighted by molar-refractivity contribution is 0.454. The molecule has 4 heteroatoms. The fraction of sp³-hybridized carbons (Fsp3) is 0.231. The first-order valence-corrected chi connectivity index (χ1v) is 5.69. The van der Waals surface area contributed by atoms with Crippen molar-refractivity contribution in [3.05, 3.63) is 46.4 Å². The van der Waals surface area contributed by atoms with Crippen molar-refractivity contribution >= 4 is 11.6 Å². The fourth-order valence-electron chi connectivity index (χ4n) is 1.56. The Bertz CT molecular complexity index is 555. The van der Waals surface area contributed by atoms with Gasteiger partial charge in [-0.1, -0.05) is 12.1 Å². The van der Waals surface area contributed by atoms with Gasteiger partial charge in [0.05, 0.1) is 0 Å². The van der Waals surface area contributed by atoms with Crippen LogP contribution in [0.3, 0.4) is 0 Å². The van der Waals surface area contributed by atoms with E-state index in [4.69, 9.17) is 16.3 Å². The van der Waals surface area contributed by atoms with Crippen molar-refractivity contribution in [3.63, 3.8) is 0 Å². The van der Waals surface area contributed by atoms with Crippen LogP contribution in [0.25, 0.3) is 0 Å². The van der Waals surface area contributed by atoms with Crippen molar-refractivity contribution in [2.24, 2.45) is 0 Å². The molecular weight excluding hydrogens is 236 g/mol. The monoisotopic (exact) mass is 248 g/mol. The van der Waals surface area contributed by atoms with Crippen LogP contribution < -0.4 is 4.74 Å². The molecular formula is C13H13ClN2O. The highest BCUT2D eigenvalue weighted by molar-refractivity contribution is 6.28. The number of aromatic nitrogens is 2. The Morgan fingerprint density at radius 3 is 2.47 bits per heavy atom.